The second-order valence-electron chi connectivity index (χ2n) is 7.25. The number of hydrogen-bond acceptors (Lipinski definition) is 5. The van der Waals surface area contributed by atoms with Crippen LogP contribution in [0.3, 0.4) is 0 Å². The van der Waals surface area contributed by atoms with E-state index in [2.05, 4.69) is 5.10 Å². The molecular weight excluding hydrogens is 434 g/mol. The highest BCUT2D eigenvalue weighted by Gasteiger charge is 2.24. The molecule has 1 aromatic heterocycles. The van der Waals surface area contributed by atoms with Crippen molar-refractivity contribution >= 4 is 23.5 Å². The Kier molecular flexibility index (Phi) is 7.17. The summed E-state index contributed by atoms with van der Waals surface area (Å²) in [4.78, 5) is 37.9. The van der Waals surface area contributed by atoms with Crippen LogP contribution in [0.5, 0.6) is 0 Å². The first-order valence-electron chi connectivity index (χ1n) is 10.0. The zero-order valence-electron chi connectivity index (χ0n) is 18.0. The molecule has 0 atom stereocenters. The molecule has 2 N–H and O–H groups in total. The van der Waals surface area contributed by atoms with Crippen LogP contribution in [0.2, 0.25) is 0 Å². The largest absolute Gasteiger partial charge is 0.452 e. The summed E-state index contributed by atoms with van der Waals surface area (Å²) < 4.78 is 33.2. The molecule has 3 aromatic rings. The van der Waals surface area contributed by atoms with Crippen LogP contribution in [-0.2, 0) is 14.3 Å². The van der Waals surface area contributed by atoms with Gasteiger partial charge in [-0.2, -0.15) is 5.10 Å². The van der Waals surface area contributed by atoms with Crippen LogP contribution in [-0.4, -0.2) is 40.7 Å². The number of carbonyl (C=O) groups is 3. The molecule has 0 spiro atoms. The summed E-state index contributed by atoms with van der Waals surface area (Å²) in [7, 11) is 0. The Morgan fingerprint density at radius 1 is 1.00 bits per heavy atom. The van der Waals surface area contributed by atoms with Gasteiger partial charge in [-0.1, -0.05) is 0 Å². The number of halogens is 2. The molecule has 0 aliphatic carbocycles. The van der Waals surface area contributed by atoms with Gasteiger partial charge in [0.2, 0.25) is 5.91 Å². The summed E-state index contributed by atoms with van der Waals surface area (Å²) >= 11 is 0. The molecule has 0 aliphatic heterocycles. The number of amides is 2. The highest BCUT2D eigenvalue weighted by atomic mass is 19.1. The van der Waals surface area contributed by atoms with E-state index in [1.165, 1.54) is 58.1 Å². The average Bonchev–Trinajstić information content (AvgIpc) is 3.07. The molecule has 0 fully saturated rings. The number of nitrogens with two attached hydrogens (primary N) is 1. The van der Waals surface area contributed by atoms with Gasteiger partial charge in [-0.05, 0) is 62.4 Å². The molecule has 8 nitrogen and oxygen atoms in total. The Balaban J connectivity index is 1.75. The summed E-state index contributed by atoms with van der Waals surface area (Å²) in [6.45, 7) is 2.59. The standard InChI is InChI=1S/C23H22F2N4O4/c1-14-22(15(2)29(27-14)19-9-5-17(25)6-10-19)23(32)33-13-21(31)28(12-11-20(26)30)18-7-3-16(24)4-8-18/h3-10H,11-13H2,1-2H3,(H2,26,30). The molecule has 0 saturated heterocycles. The SMILES string of the molecule is Cc1nn(-c2ccc(F)cc2)c(C)c1C(=O)OCC(=O)N(CCC(N)=O)c1ccc(F)cc1. The summed E-state index contributed by atoms with van der Waals surface area (Å²) in [5.41, 5.74) is 7.08. The van der Waals surface area contributed by atoms with Crippen LogP contribution in [0.15, 0.2) is 48.5 Å². The molecule has 0 aliphatic rings. The Morgan fingerprint density at radius 2 is 1.58 bits per heavy atom. The number of benzene rings is 2. The zero-order valence-corrected chi connectivity index (χ0v) is 18.0. The Labute approximate surface area is 188 Å². The minimum atomic E-state index is -0.763. The van der Waals surface area contributed by atoms with E-state index in [0.29, 0.717) is 22.8 Å². The molecule has 3 rings (SSSR count). The van der Waals surface area contributed by atoms with Crippen LogP contribution in [0, 0.1) is 25.5 Å². The van der Waals surface area contributed by atoms with Crippen molar-refractivity contribution in [2.24, 2.45) is 5.73 Å². The second kappa shape index (κ2) is 10.0. The fourth-order valence-electron chi connectivity index (χ4n) is 3.29. The van der Waals surface area contributed by atoms with Crippen LogP contribution in [0.25, 0.3) is 5.69 Å². The number of aryl methyl sites for hydroxylation is 1. The second-order valence-corrected chi connectivity index (χ2v) is 7.25. The van der Waals surface area contributed by atoms with Gasteiger partial charge in [0, 0.05) is 18.7 Å². The van der Waals surface area contributed by atoms with E-state index in [1.807, 2.05) is 0 Å². The van der Waals surface area contributed by atoms with Gasteiger partial charge in [-0.3, -0.25) is 9.59 Å². The normalized spacial score (nSPS) is 10.7. The zero-order chi connectivity index (χ0) is 24.1. The van der Waals surface area contributed by atoms with Crippen molar-refractivity contribution in [3.63, 3.8) is 0 Å². The van der Waals surface area contributed by atoms with E-state index in [1.54, 1.807) is 13.8 Å². The van der Waals surface area contributed by atoms with Crippen molar-refractivity contribution in [3.8, 4) is 5.69 Å². The van der Waals surface area contributed by atoms with E-state index in [-0.39, 0.29) is 18.5 Å². The molecule has 0 saturated carbocycles. The molecule has 0 radical (unpaired) electrons. The molecule has 1 heterocycles. The van der Waals surface area contributed by atoms with E-state index >= 15 is 0 Å². The maximum Gasteiger partial charge on any atom is 0.342 e. The van der Waals surface area contributed by atoms with Gasteiger partial charge in [0.15, 0.2) is 6.61 Å². The lowest BCUT2D eigenvalue weighted by molar-refractivity contribution is -0.121. The molecule has 2 aromatic carbocycles. The average molecular weight is 456 g/mol. The lowest BCUT2D eigenvalue weighted by Gasteiger charge is -2.22. The fourth-order valence-corrected chi connectivity index (χ4v) is 3.29. The van der Waals surface area contributed by atoms with Crippen LogP contribution >= 0.6 is 0 Å². The first kappa shape index (κ1) is 23.6. The van der Waals surface area contributed by atoms with Gasteiger partial charge < -0.3 is 15.4 Å². The van der Waals surface area contributed by atoms with Gasteiger partial charge in [-0.15, -0.1) is 0 Å². The number of nitrogens with zero attached hydrogens (tertiary/aromatic N) is 3. The highest BCUT2D eigenvalue weighted by Crippen LogP contribution is 2.20. The van der Waals surface area contributed by atoms with Crippen LogP contribution in [0.4, 0.5) is 14.5 Å². The summed E-state index contributed by atoms with van der Waals surface area (Å²) in [5, 5.41) is 4.31. The van der Waals surface area contributed by atoms with Gasteiger partial charge in [-0.25, -0.2) is 18.3 Å². The van der Waals surface area contributed by atoms with Crippen molar-refractivity contribution in [1.29, 1.82) is 0 Å². The lowest BCUT2D eigenvalue weighted by Crippen LogP contribution is -2.37. The van der Waals surface area contributed by atoms with Crippen molar-refractivity contribution < 1.29 is 27.9 Å². The van der Waals surface area contributed by atoms with Crippen molar-refractivity contribution in [1.82, 2.24) is 9.78 Å². The van der Waals surface area contributed by atoms with Gasteiger partial charge in [0.25, 0.3) is 5.91 Å². The van der Waals surface area contributed by atoms with E-state index in [9.17, 15) is 23.2 Å². The van der Waals surface area contributed by atoms with Crippen LogP contribution < -0.4 is 10.6 Å². The molecule has 33 heavy (non-hydrogen) atoms. The topological polar surface area (TPSA) is 108 Å². The summed E-state index contributed by atoms with van der Waals surface area (Å²) in [5.74, 6) is -2.89. The van der Waals surface area contributed by atoms with Crippen molar-refractivity contribution in [2.45, 2.75) is 20.3 Å². The Hall–Kier alpha value is -4.08. The van der Waals surface area contributed by atoms with E-state index in [4.69, 9.17) is 10.5 Å². The Bertz CT molecular complexity index is 1170. The molecule has 0 bridgehead atoms. The number of ether oxygens (including phenoxy) is 1. The molecule has 0 unspecified atom stereocenters. The number of aromatic nitrogens is 2. The van der Waals surface area contributed by atoms with Crippen molar-refractivity contribution in [3.05, 3.63) is 77.1 Å². The maximum absolute atomic E-state index is 13.3. The summed E-state index contributed by atoms with van der Waals surface area (Å²) in [6, 6.07) is 10.7. The van der Waals surface area contributed by atoms with Crippen molar-refractivity contribution in [2.75, 3.05) is 18.1 Å². The third kappa shape index (κ3) is 5.59. The molecule has 172 valence electrons. The number of hydrogen-bond donors (Lipinski definition) is 1. The predicted molar refractivity (Wildman–Crippen MR) is 116 cm³/mol. The van der Waals surface area contributed by atoms with E-state index < -0.39 is 36.0 Å². The fraction of sp³-hybridized carbons (Fsp3) is 0.217. The minimum Gasteiger partial charge on any atom is -0.452 e. The number of carbonyl (C=O) groups excluding carboxylic acids is 3. The molecule has 2 amide bonds. The lowest BCUT2D eigenvalue weighted by atomic mass is 10.2. The molecule has 10 heteroatoms. The van der Waals surface area contributed by atoms with Gasteiger partial charge >= 0.3 is 5.97 Å². The Morgan fingerprint density at radius 3 is 2.15 bits per heavy atom. The quantitative estimate of drug-likeness (QED) is 0.525. The van der Waals surface area contributed by atoms with Crippen LogP contribution in [0.1, 0.15) is 28.2 Å². The van der Waals surface area contributed by atoms with Gasteiger partial charge in [0.05, 0.1) is 17.1 Å². The number of esters is 1. The van der Waals surface area contributed by atoms with E-state index in [0.717, 1.165) is 0 Å². The van der Waals surface area contributed by atoms with Gasteiger partial charge in [0.1, 0.15) is 17.2 Å². The maximum atomic E-state index is 13.3. The first-order chi connectivity index (χ1) is 15.7. The number of anilines is 1. The summed E-state index contributed by atoms with van der Waals surface area (Å²) in [6.07, 6.45) is -0.125. The smallest absolute Gasteiger partial charge is 0.342 e. The number of rotatable bonds is 8. The third-order valence-electron chi connectivity index (χ3n) is 4.91. The predicted octanol–water partition coefficient (Wildman–Crippen LogP) is 2.83. The monoisotopic (exact) mass is 456 g/mol. The minimum absolute atomic E-state index is 0.0576. The third-order valence-corrected chi connectivity index (χ3v) is 4.91. The number of primary amides is 1. The first-order valence-corrected chi connectivity index (χ1v) is 10.0. The molecular formula is C23H22F2N4O4. The highest BCUT2D eigenvalue weighted by molar-refractivity contribution is 5.98.